The van der Waals surface area contributed by atoms with Crippen molar-refractivity contribution < 1.29 is 14.3 Å². The van der Waals surface area contributed by atoms with Crippen LogP contribution in [0.25, 0.3) is 0 Å². The molecule has 124 valence electrons. The second-order valence-corrected chi connectivity index (χ2v) is 6.36. The summed E-state index contributed by atoms with van der Waals surface area (Å²) in [6.45, 7) is 0.319. The molecule has 0 aromatic heterocycles. The van der Waals surface area contributed by atoms with Gasteiger partial charge in [0.15, 0.2) is 0 Å². The summed E-state index contributed by atoms with van der Waals surface area (Å²) in [7, 11) is 0. The summed E-state index contributed by atoms with van der Waals surface area (Å²) in [5.74, 6) is 0.194. The van der Waals surface area contributed by atoms with Gasteiger partial charge in [-0.05, 0) is 49.9 Å². The van der Waals surface area contributed by atoms with E-state index in [4.69, 9.17) is 10.5 Å². The lowest BCUT2D eigenvalue weighted by atomic mass is 10.00. The molecule has 0 aliphatic carbocycles. The zero-order chi connectivity index (χ0) is 16.2. The second-order valence-electron chi connectivity index (χ2n) is 6.36. The molecule has 1 aromatic carbocycles. The minimum Gasteiger partial charge on any atom is -0.493 e. The summed E-state index contributed by atoms with van der Waals surface area (Å²) < 4.78 is 5.53. The van der Waals surface area contributed by atoms with E-state index in [1.807, 2.05) is 0 Å². The molecule has 3 rings (SSSR count). The zero-order valence-corrected chi connectivity index (χ0v) is 13.1. The quantitative estimate of drug-likeness (QED) is 0.728. The number of carbonyl (C=O) groups is 2. The first-order chi connectivity index (χ1) is 11.1. The molecule has 6 heteroatoms. The minimum absolute atomic E-state index is 0.0325. The first-order valence-electron chi connectivity index (χ1n) is 8.18. The summed E-state index contributed by atoms with van der Waals surface area (Å²) in [6.07, 6.45) is 4.83. The molecule has 2 fully saturated rings. The summed E-state index contributed by atoms with van der Waals surface area (Å²) in [4.78, 5) is 23.0. The van der Waals surface area contributed by atoms with Gasteiger partial charge in [0, 0.05) is 23.7 Å². The van der Waals surface area contributed by atoms with E-state index < -0.39 is 5.91 Å². The van der Waals surface area contributed by atoms with Crippen molar-refractivity contribution in [1.29, 1.82) is 0 Å². The highest BCUT2D eigenvalue weighted by Gasteiger charge is 2.33. The van der Waals surface area contributed by atoms with Crippen LogP contribution in [0.15, 0.2) is 24.3 Å². The van der Waals surface area contributed by atoms with Gasteiger partial charge in [-0.1, -0.05) is 0 Å². The Kier molecular flexibility index (Phi) is 4.81. The van der Waals surface area contributed by atoms with Crippen LogP contribution in [0, 0.1) is 0 Å². The Balaban J connectivity index is 1.38. The largest absolute Gasteiger partial charge is 0.493 e. The van der Waals surface area contributed by atoms with Gasteiger partial charge < -0.3 is 21.1 Å². The molecule has 0 saturated carbocycles. The van der Waals surface area contributed by atoms with Crippen molar-refractivity contribution in [2.75, 3.05) is 6.61 Å². The molecule has 23 heavy (non-hydrogen) atoms. The van der Waals surface area contributed by atoms with Crippen molar-refractivity contribution in [3.05, 3.63) is 29.8 Å². The second kappa shape index (κ2) is 7.00. The molecule has 2 amide bonds. The third-order valence-electron chi connectivity index (χ3n) is 4.57. The summed E-state index contributed by atoms with van der Waals surface area (Å²) in [6, 6.07) is 8.02. The molecule has 2 aliphatic rings. The average molecular weight is 317 g/mol. The fourth-order valence-electron chi connectivity index (χ4n) is 3.45. The molecule has 2 atom stereocenters. The number of primary amides is 1. The van der Waals surface area contributed by atoms with E-state index in [9.17, 15) is 9.59 Å². The fourth-order valence-corrected chi connectivity index (χ4v) is 3.45. The number of piperidine rings is 1. The molecule has 2 unspecified atom stereocenters. The average Bonchev–Trinajstić information content (AvgIpc) is 2.86. The van der Waals surface area contributed by atoms with Crippen LogP contribution in [-0.4, -0.2) is 36.5 Å². The van der Waals surface area contributed by atoms with Crippen LogP contribution in [0.4, 0.5) is 0 Å². The SMILES string of the molecule is NC(=O)c1ccc(OCCC(=O)NC2CC3CCC(C2)N3)cc1. The van der Waals surface area contributed by atoms with Gasteiger partial charge in [0.25, 0.3) is 0 Å². The molecule has 2 saturated heterocycles. The number of hydrogen-bond donors (Lipinski definition) is 3. The number of fused-ring (bicyclic) bond motifs is 2. The zero-order valence-electron chi connectivity index (χ0n) is 13.1. The van der Waals surface area contributed by atoms with Crippen LogP contribution in [0.2, 0.25) is 0 Å². The highest BCUT2D eigenvalue weighted by molar-refractivity contribution is 5.92. The van der Waals surface area contributed by atoms with Gasteiger partial charge in [-0.25, -0.2) is 0 Å². The number of carbonyl (C=O) groups excluding carboxylic acids is 2. The highest BCUT2D eigenvalue weighted by atomic mass is 16.5. The third kappa shape index (κ3) is 4.22. The maximum atomic E-state index is 12.0. The molecule has 1 aromatic rings. The molecular formula is C17H23N3O3. The lowest BCUT2D eigenvalue weighted by molar-refractivity contribution is -0.122. The van der Waals surface area contributed by atoms with Crippen LogP contribution in [0.3, 0.4) is 0 Å². The molecule has 2 heterocycles. The van der Waals surface area contributed by atoms with E-state index in [2.05, 4.69) is 10.6 Å². The van der Waals surface area contributed by atoms with Gasteiger partial charge in [0.2, 0.25) is 11.8 Å². The normalized spacial score (nSPS) is 25.8. The van der Waals surface area contributed by atoms with E-state index in [1.54, 1.807) is 24.3 Å². The van der Waals surface area contributed by atoms with Gasteiger partial charge in [-0.3, -0.25) is 9.59 Å². The number of nitrogens with one attached hydrogen (secondary N) is 2. The van der Waals surface area contributed by atoms with E-state index in [-0.39, 0.29) is 11.9 Å². The van der Waals surface area contributed by atoms with Crippen LogP contribution in [-0.2, 0) is 4.79 Å². The Morgan fingerprint density at radius 3 is 2.43 bits per heavy atom. The Hall–Kier alpha value is -2.08. The predicted molar refractivity (Wildman–Crippen MR) is 86.2 cm³/mol. The van der Waals surface area contributed by atoms with Crippen molar-refractivity contribution in [3.63, 3.8) is 0 Å². The molecule has 2 bridgehead atoms. The van der Waals surface area contributed by atoms with E-state index >= 15 is 0 Å². The molecular weight excluding hydrogens is 294 g/mol. The molecule has 0 radical (unpaired) electrons. The lowest BCUT2D eigenvalue weighted by Gasteiger charge is -2.29. The number of nitrogens with two attached hydrogens (primary N) is 1. The Labute approximate surface area is 135 Å². The van der Waals surface area contributed by atoms with E-state index in [0.717, 1.165) is 12.8 Å². The van der Waals surface area contributed by atoms with Crippen molar-refractivity contribution in [1.82, 2.24) is 10.6 Å². The van der Waals surface area contributed by atoms with Crippen molar-refractivity contribution in [2.24, 2.45) is 5.73 Å². The van der Waals surface area contributed by atoms with Crippen molar-refractivity contribution in [3.8, 4) is 5.75 Å². The topological polar surface area (TPSA) is 93.5 Å². The van der Waals surface area contributed by atoms with Crippen LogP contribution in [0.1, 0.15) is 42.5 Å². The van der Waals surface area contributed by atoms with Gasteiger partial charge in [0.1, 0.15) is 5.75 Å². The van der Waals surface area contributed by atoms with Crippen LogP contribution in [0.5, 0.6) is 5.75 Å². The molecule has 2 aliphatic heterocycles. The Morgan fingerprint density at radius 1 is 1.17 bits per heavy atom. The smallest absolute Gasteiger partial charge is 0.248 e. The third-order valence-corrected chi connectivity index (χ3v) is 4.57. The first kappa shape index (κ1) is 15.8. The summed E-state index contributed by atoms with van der Waals surface area (Å²) >= 11 is 0. The molecule has 6 nitrogen and oxygen atoms in total. The monoisotopic (exact) mass is 317 g/mol. The van der Waals surface area contributed by atoms with Crippen molar-refractivity contribution >= 4 is 11.8 Å². The lowest BCUT2D eigenvalue weighted by Crippen LogP contribution is -2.48. The fraction of sp³-hybridized carbons (Fsp3) is 0.529. The van der Waals surface area contributed by atoms with Crippen LogP contribution >= 0.6 is 0 Å². The van der Waals surface area contributed by atoms with Crippen molar-refractivity contribution in [2.45, 2.75) is 50.2 Å². The number of hydrogen-bond acceptors (Lipinski definition) is 4. The molecule has 4 N–H and O–H groups in total. The molecule has 0 spiro atoms. The predicted octanol–water partition coefficient (Wildman–Crippen LogP) is 0.954. The van der Waals surface area contributed by atoms with Gasteiger partial charge >= 0.3 is 0 Å². The Bertz CT molecular complexity index is 561. The standard InChI is InChI=1S/C17H23N3O3/c18-17(22)11-1-5-15(6-2-11)23-8-7-16(21)20-14-9-12-3-4-13(10-14)19-12/h1-2,5-6,12-14,19H,3-4,7-10H2,(H2,18,22)(H,20,21). The first-order valence-corrected chi connectivity index (χ1v) is 8.18. The maximum absolute atomic E-state index is 12.0. The highest BCUT2D eigenvalue weighted by Crippen LogP contribution is 2.26. The number of ether oxygens (including phenoxy) is 1. The van der Waals surface area contributed by atoms with Gasteiger partial charge in [-0.2, -0.15) is 0 Å². The van der Waals surface area contributed by atoms with Gasteiger partial charge in [-0.15, -0.1) is 0 Å². The van der Waals surface area contributed by atoms with Gasteiger partial charge in [0.05, 0.1) is 13.0 Å². The van der Waals surface area contributed by atoms with E-state index in [0.29, 0.717) is 36.4 Å². The summed E-state index contributed by atoms with van der Waals surface area (Å²) in [5.41, 5.74) is 5.62. The number of rotatable bonds is 6. The maximum Gasteiger partial charge on any atom is 0.248 e. The number of amides is 2. The minimum atomic E-state index is -0.466. The van der Waals surface area contributed by atoms with Crippen LogP contribution < -0.4 is 21.1 Å². The summed E-state index contributed by atoms with van der Waals surface area (Å²) in [5, 5.41) is 6.67. The number of benzene rings is 1. The van der Waals surface area contributed by atoms with E-state index in [1.165, 1.54) is 12.8 Å². The Morgan fingerprint density at radius 2 is 1.83 bits per heavy atom.